The molecule has 0 atom stereocenters. The highest BCUT2D eigenvalue weighted by Crippen LogP contribution is 2.38. The Morgan fingerprint density at radius 2 is 0.839 bits per heavy atom. The fraction of sp³-hybridized carbons (Fsp3) is 0. The third kappa shape index (κ3) is 3.12. The predicted octanol–water partition coefficient (Wildman–Crippen LogP) is 8.62. The van der Waals surface area contributed by atoms with Gasteiger partial charge in [0, 0.05) is 17.1 Å². The first-order chi connectivity index (χ1) is 15.4. The van der Waals surface area contributed by atoms with Crippen LogP contribution < -0.4 is 4.90 Å². The summed E-state index contributed by atoms with van der Waals surface area (Å²) >= 11 is 0. The Hall–Kier alpha value is -4.10. The molecule has 0 aliphatic carbocycles. The second-order valence-electron chi connectivity index (χ2n) is 7.90. The second kappa shape index (κ2) is 7.30. The Balaban J connectivity index is 1.62. The van der Waals surface area contributed by atoms with E-state index >= 15 is 0 Å². The summed E-state index contributed by atoms with van der Waals surface area (Å²) in [6.45, 7) is 0. The summed E-state index contributed by atoms with van der Waals surface area (Å²) in [7, 11) is 0. The summed E-state index contributed by atoms with van der Waals surface area (Å²) in [4.78, 5) is 2.32. The standard InChI is InChI=1S/C30H21N/c1-3-11-26(12-4-1)31(27-13-5-2-6-14-27)28-18-17-22-15-16-25-19-23-9-7-8-10-24(23)20-29(25)30(22)21-28/h1-21H. The lowest BCUT2D eigenvalue weighted by molar-refractivity contribution is 1.29. The number of rotatable bonds is 3. The van der Waals surface area contributed by atoms with E-state index in [1.807, 2.05) is 0 Å². The van der Waals surface area contributed by atoms with Crippen molar-refractivity contribution in [3.8, 4) is 0 Å². The molecular formula is C30H21N. The molecule has 0 bridgehead atoms. The summed E-state index contributed by atoms with van der Waals surface area (Å²) in [5, 5.41) is 7.65. The molecule has 0 unspecified atom stereocenters. The Morgan fingerprint density at radius 1 is 0.323 bits per heavy atom. The molecule has 6 aromatic carbocycles. The van der Waals surface area contributed by atoms with Gasteiger partial charge in [-0.25, -0.2) is 0 Å². The van der Waals surface area contributed by atoms with E-state index in [9.17, 15) is 0 Å². The van der Waals surface area contributed by atoms with Crippen molar-refractivity contribution in [2.75, 3.05) is 4.90 Å². The van der Waals surface area contributed by atoms with E-state index < -0.39 is 0 Å². The second-order valence-corrected chi connectivity index (χ2v) is 7.90. The third-order valence-electron chi connectivity index (χ3n) is 5.97. The average Bonchev–Trinajstić information content (AvgIpc) is 2.84. The molecule has 0 aliphatic rings. The number of hydrogen-bond donors (Lipinski definition) is 0. The molecule has 0 saturated carbocycles. The van der Waals surface area contributed by atoms with Crippen LogP contribution >= 0.6 is 0 Å². The summed E-state index contributed by atoms with van der Waals surface area (Å²) in [5.41, 5.74) is 3.46. The smallest absolute Gasteiger partial charge is 0.0468 e. The fourth-order valence-electron chi connectivity index (χ4n) is 4.47. The first-order valence-corrected chi connectivity index (χ1v) is 10.6. The lowest BCUT2D eigenvalue weighted by Gasteiger charge is -2.26. The zero-order chi connectivity index (χ0) is 20.6. The molecule has 146 valence electrons. The van der Waals surface area contributed by atoms with Crippen molar-refractivity contribution in [3.05, 3.63) is 127 Å². The number of fused-ring (bicyclic) bond motifs is 4. The van der Waals surface area contributed by atoms with Crippen molar-refractivity contribution in [1.82, 2.24) is 0 Å². The van der Waals surface area contributed by atoms with Gasteiger partial charge in [0.1, 0.15) is 0 Å². The molecule has 0 N–H and O–H groups in total. The van der Waals surface area contributed by atoms with E-state index in [2.05, 4.69) is 132 Å². The number of nitrogens with zero attached hydrogens (tertiary/aromatic N) is 1. The van der Waals surface area contributed by atoms with E-state index in [4.69, 9.17) is 0 Å². The largest absolute Gasteiger partial charge is 0.310 e. The monoisotopic (exact) mass is 395 g/mol. The highest BCUT2D eigenvalue weighted by atomic mass is 15.1. The van der Waals surface area contributed by atoms with Crippen LogP contribution in [0.3, 0.4) is 0 Å². The highest BCUT2D eigenvalue weighted by molar-refractivity contribution is 6.13. The van der Waals surface area contributed by atoms with E-state index in [0.29, 0.717) is 0 Å². The molecule has 0 radical (unpaired) electrons. The van der Waals surface area contributed by atoms with Gasteiger partial charge < -0.3 is 4.90 Å². The molecule has 6 aromatic rings. The van der Waals surface area contributed by atoms with Crippen LogP contribution in [-0.2, 0) is 0 Å². The van der Waals surface area contributed by atoms with Gasteiger partial charge in [0.05, 0.1) is 0 Å². The summed E-state index contributed by atoms with van der Waals surface area (Å²) in [5.74, 6) is 0. The molecule has 6 rings (SSSR count). The molecule has 1 heteroatoms. The van der Waals surface area contributed by atoms with E-state index in [0.717, 1.165) is 17.1 Å². The van der Waals surface area contributed by atoms with Gasteiger partial charge in [-0.1, -0.05) is 78.9 Å². The van der Waals surface area contributed by atoms with E-state index in [1.54, 1.807) is 0 Å². The van der Waals surface area contributed by atoms with Crippen LogP contribution in [0.1, 0.15) is 0 Å². The maximum atomic E-state index is 2.33. The first kappa shape index (κ1) is 17.7. The Kier molecular flexibility index (Phi) is 4.18. The fourth-order valence-corrected chi connectivity index (χ4v) is 4.47. The molecule has 1 nitrogen and oxygen atoms in total. The Labute approximate surface area is 181 Å². The first-order valence-electron chi connectivity index (χ1n) is 10.6. The number of para-hydroxylation sites is 2. The lowest BCUT2D eigenvalue weighted by Crippen LogP contribution is -2.09. The number of benzene rings is 6. The van der Waals surface area contributed by atoms with Gasteiger partial charge >= 0.3 is 0 Å². The van der Waals surface area contributed by atoms with Crippen LogP contribution in [0.5, 0.6) is 0 Å². The molecule has 0 heterocycles. The summed E-state index contributed by atoms with van der Waals surface area (Å²) in [6.07, 6.45) is 0. The molecule has 0 saturated heterocycles. The molecule has 0 amide bonds. The molecule has 31 heavy (non-hydrogen) atoms. The highest BCUT2D eigenvalue weighted by Gasteiger charge is 2.13. The minimum Gasteiger partial charge on any atom is -0.310 e. The van der Waals surface area contributed by atoms with Crippen LogP contribution in [0.25, 0.3) is 32.3 Å². The van der Waals surface area contributed by atoms with Crippen LogP contribution in [0.15, 0.2) is 127 Å². The molecule has 0 spiro atoms. The number of hydrogen-bond acceptors (Lipinski definition) is 1. The molecule has 0 aliphatic heterocycles. The van der Waals surface area contributed by atoms with Crippen molar-refractivity contribution in [2.24, 2.45) is 0 Å². The van der Waals surface area contributed by atoms with Crippen LogP contribution in [0.2, 0.25) is 0 Å². The van der Waals surface area contributed by atoms with Crippen molar-refractivity contribution in [1.29, 1.82) is 0 Å². The van der Waals surface area contributed by atoms with Gasteiger partial charge in [-0.3, -0.25) is 0 Å². The normalized spacial score (nSPS) is 11.2. The number of anilines is 3. The van der Waals surface area contributed by atoms with Gasteiger partial charge in [-0.15, -0.1) is 0 Å². The van der Waals surface area contributed by atoms with E-state index in [1.165, 1.54) is 32.3 Å². The van der Waals surface area contributed by atoms with Gasteiger partial charge in [0.2, 0.25) is 0 Å². The van der Waals surface area contributed by atoms with Gasteiger partial charge in [-0.05, 0) is 80.8 Å². The molecule has 0 fully saturated rings. The average molecular weight is 396 g/mol. The topological polar surface area (TPSA) is 3.24 Å². The van der Waals surface area contributed by atoms with Crippen LogP contribution in [0.4, 0.5) is 17.1 Å². The third-order valence-corrected chi connectivity index (χ3v) is 5.97. The van der Waals surface area contributed by atoms with Gasteiger partial charge in [0.15, 0.2) is 0 Å². The zero-order valence-corrected chi connectivity index (χ0v) is 17.1. The maximum absolute atomic E-state index is 2.33. The van der Waals surface area contributed by atoms with Crippen molar-refractivity contribution in [2.45, 2.75) is 0 Å². The van der Waals surface area contributed by atoms with Crippen molar-refractivity contribution >= 4 is 49.4 Å². The van der Waals surface area contributed by atoms with Crippen LogP contribution in [0, 0.1) is 0 Å². The summed E-state index contributed by atoms with van der Waals surface area (Å²) < 4.78 is 0. The Bertz CT molecular complexity index is 1480. The predicted molar refractivity (Wildman–Crippen MR) is 134 cm³/mol. The SMILES string of the molecule is c1ccc(N(c2ccccc2)c2ccc3ccc4cc5ccccc5cc4c3c2)cc1. The molecular weight excluding hydrogens is 374 g/mol. The Morgan fingerprint density at radius 3 is 1.52 bits per heavy atom. The zero-order valence-electron chi connectivity index (χ0n) is 17.1. The molecule has 0 aromatic heterocycles. The quantitative estimate of drug-likeness (QED) is 0.214. The summed E-state index contributed by atoms with van der Waals surface area (Å²) in [6, 6.07) is 45.6. The van der Waals surface area contributed by atoms with Gasteiger partial charge in [-0.2, -0.15) is 0 Å². The van der Waals surface area contributed by atoms with Crippen molar-refractivity contribution < 1.29 is 0 Å². The lowest BCUT2D eigenvalue weighted by atomic mass is 9.97. The van der Waals surface area contributed by atoms with Gasteiger partial charge in [0.25, 0.3) is 0 Å². The van der Waals surface area contributed by atoms with E-state index in [-0.39, 0.29) is 0 Å². The minimum absolute atomic E-state index is 1.15. The van der Waals surface area contributed by atoms with Crippen LogP contribution in [-0.4, -0.2) is 0 Å². The maximum Gasteiger partial charge on any atom is 0.0468 e. The minimum atomic E-state index is 1.15. The van der Waals surface area contributed by atoms with Crippen molar-refractivity contribution in [3.63, 3.8) is 0 Å².